The van der Waals surface area contributed by atoms with E-state index in [1.54, 1.807) is 26.1 Å². The Labute approximate surface area is 95.5 Å². The molecule has 1 aromatic carbocycles. The van der Waals surface area contributed by atoms with Crippen LogP contribution in [-0.2, 0) is 0 Å². The Balaban J connectivity index is 2.85. The molecule has 0 saturated heterocycles. The number of aryl methyl sites for hydroxylation is 1. The summed E-state index contributed by atoms with van der Waals surface area (Å²) in [6.45, 7) is 2.19. The third-order valence-corrected chi connectivity index (χ3v) is 2.75. The van der Waals surface area contributed by atoms with Crippen LogP contribution in [-0.4, -0.2) is 24.7 Å². The number of aliphatic hydroxyl groups is 1. The Morgan fingerprint density at radius 1 is 1.50 bits per heavy atom. The van der Waals surface area contributed by atoms with Crippen LogP contribution in [0.1, 0.15) is 23.7 Å². The zero-order valence-corrected chi connectivity index (χ0v) is 9.70. The SMILES string of the molecule is CNC(CCN)C(O)c1ccc(F)c(C)c1. The molecule has 2 atom stereocenters. The summed E-state index contributed by atoms with van der Waals surface area (Å²) in [5, 5.41) is 13.1. The van der Waals surface area contributed by atoms with E-state index in [0.29, 0.717) is 24.1 Å². The minimum absolute atomic E-state index is 0.102. The lowest BCUT2D eigenvalue weighted by Crippen LogP contribution is -2.34. The highest BCUT2D eigenvalue weighted by molar-refractivity contribution is 5.26. The fourth-order valence-corrected chi connectivity index (χ4v) is 1.72. The Morgan fingerprint density at radius 2 is 2.19 bits per heavy atom. The van der Waals surface area contributed by atoms with Gasteiger partial charge in [-0.3, -0.25) is 0 Å². The number of aliphatic hydroxyl groups excluding tert-OH is 1. The van der Waals surface area contributed by atoms with Crippen LogP contribution >= 0.6 is 0 Å². The molecule has 90 valence electrons. The Kier molecular flexibility index (Phi) is 4.86. The minimum atomic E-state index is -0.659. The Hall–Kier alpha value is -0.970. The maximum absolute atomic E-state index is 13.1. The van der Waals surface area contributed by atoms with Gasteiger partial charge in [-0.25, -0.2) is 4.39 Å². The van der Waals surface area contributed by atoms with E-state index in [0.717, 1.165) is 0 Å². The highest BCUT2D eigenvalue weighted by atomic mass is 19.1. The molecule has 0 saturated carbocycles. The Morgan fingerprint density at radius 3 is 2.69 bits per heavy atom. The number of likely N-dealkylation sites (N-methyl/N-ethyl adjacent to an activating group) is 1. The maximum atomic E-state index is 13.1. The first-order valence-electron chi connectivity index (χ1n) is 5.41. The van der Waals surface area contributed by atoms with Crippen molar-refractivity contribution < 1.29 is 9.50 Å². The molecule has 0 bridgehead atoms. The fourth-order valence-electron chi connectivity index (χ4n) is 1.72. The van der Waals surface area contributed by atoms with E-state index < -0.39 is 6.10 Å². The maximum Gasteiger partial charge on any atom is 0.126 e. The van der Waals surface area contributed by atoms with Crippen molar-refractivity contribution in [2.45, 2.75) is 25.5 Å². The smallest absolute Gasteiger partial charge is 0.126 e. The van der Waals surface area contributed by atoms with Gasteiger partial charge < -0.3 is 16.2 Å². The number of hydrogen-bond acceptors (Lipinski definition) is 3. The molecule has 1 aromatic rings. The van der Waals surface area contributed by atoms with Crippen LogP contribution in [0.15, 0.2) is 18.2 Å². The van der Waals surface area contributed by atoms with Gasteiger partial charge in [0, 0.05) is 6.04 Å². The van der Waals surface area contributed by atoms with Crippen molar-refractivity contribution in [1.82, 2.24) is 5.32 Å². The average Bonchev–Trinajstić information content (AvgIpc) is 2.28. The third kappa shape index (κ3) is 3.01. The fraction of sp³-hybridized carbons (Fsp3) is 0.500. The second-order valence-electron chi connectivity index (χ2n) is 3.93. The van der Waals surface area contributed by atoms with Gasteiger partial charge in [0.1, 0.15) is 5.82 Å². The largest absolute Gasteiger partial charge is 0.387 e. The Bertz CT molecular complexity index is 344. The molecule has 0 heterocycles. The molecule has 16 heavy (non-hydrogen) atoms. The van der Waals surface area contributed by atoms with Crippen LogP contribution < -0.4 is 11.1 Å². The van der Waals surface area contributed by atoms with E-state index in [-0.39, 0.29) is 11.9 Å². The second kappa shape index (κ2) is 5.94. The van der Waals surface area contributed by atoms with Gasteiger partial charge in [0.25, 0.3) is 0 Å². The van der Waals surface area contributed by atoms with Crippen molar-refractivity contribution in [2.75, 3.05) is 13.6 Å². The van der Waals surface area contributed by atoms with Gasteiger partial charge in [-0.05, 0) is 44.1 Å². The van der Waals surface area contributed by atoms with Gasteiger partial charge >= 0.3 is 0 Å². The van der Waals surface area contributed by atoms with Crippen molar-refractivity contribution >= 4 is 0 Å². The van der Waals surface area contributed by atoms with Crippen LogP contribution in [0.4, 0.5) is 4.39 Å². The zero-order valence-electron chi connectivity index (χ0n) is 9.70. The van der Waals surface area contributed by atoms with Gasteiger partial charge in [0.2, 0.25) is 0 Å². The summed E-state index contributed by atoms with van der Waals surface area (Å²) in [6.07, 6.45) is 0.0153. The lowest BCUT2D eigenvalue weighted by molar-refractivity contribution is 0.129. The summed E-state index contributed by atoms with van der Waals surface area (Å²) in [4.78, 5) is 0. The van der Waals surface area contributed by atoms with Crippen LogP contribution in [0.2, 0.25) is 0 Å². The molecule has 1 rings (SSSR count). The summed E-state index contributed by atoms with van der Waals surface area (Å²) >= 11 is 0. The molecule has 0 aliphatic heterocycles. The summed E-state index contributed by atoms with van der Waals surface area (Å²) in [5.41, 5.74) is 6.72. The topological polar surface area (TPSA) is 58.3 Å². The normalized spacial score (nSPS) is 14.8. The molecule has 0 radical (unpaired) electrons. The molecule has 3 nitrogen and oxygen atoms in total. The van der Waals surface area contributed by atoms with E-state index in [1.807, 2.05) is 0 Å². The number of nitrogens with one attached hydrogen (secondary N) is 1. The summed E-state index contributed by atoms with van der Waals surface area (Å²) in [5.74, 6) is -0.254. The summed E-state index contributed by atoms with van der Waals surface area (Å²) in [6, 6.07) is 4.55. The number of rotatable bonds is 5. The van der Waals surface area contributed by atoms with Crippen molar-refractivity contribution in [1.29, 1.82) is 0 Å². The zero-order chi connectivity index (χ0) is 12.1. The minimum Gasteiger partial charge on any atom is -0.387 e. The molecule has 0 spiro atoms. The first-order chi connectivity index (χ1) is 7.60. The summed E-state index contributed by atoms with van der Waals surface area (Å²) in [7, 11) is 1.78. The standard InChI is InChI=1S/C12H19FN2O/c1-8-7-9(3-4-10(8)13)12(16)11(15-2)5-6-14/h3-4,7,11-12,15-16H,5-6,14H2,1-2H3. The monoisotopic (exact) mass is 226 g/mol. The van der Waals surface area contributed by atoms with Gasteiger partial charge in [-0.2, -0.15) is 0 Å². The number of hydrogen-bond donors (Lipinski definition) is 3. The summed E-state index contributed by atoms with van der Waals surface area (Å²) < 4.78 is 13.1. The van der Waals surface area contributed by atoms with E-state index in [9.17, 15) is 9.50 Å². The molecular weight excluding hydrogens is 207 g/mol. The lowest BCUT2D eigenvalue weighted by atomic mass is 9.98. The van der Waals surface area contributed by atoms with Crippen molar-refractivity contribution in [3.05, 3.63) is 35.1 Å². The lowest BCUT2D eigenvalue weighted by Gasteiger charge is -2.22. The molecular formula is C12H19FN2O. The van der Waals surface area contributed by atoms with Crippen LogP contribution in [0.3, 0.4) is 0 Å². The highest BCUT2D eigenvalue weighted by Gasteiger charge is 2.18. The predicted octanol–water partition coefficient (Wildman–Crippen LogP) is 1.10. The van der Waals surface area contributed by atoms with Crippen molar-refractivity contribution in [3.63, 3.8) is 0 Å². The number of benzene rings is 1. The van der Waals surface area contributed by atoms with E-state index in [1.165, 1.54) is 6.07 Å². The molecule has 4 heteroatoms. The quantitative estimate of drug-likeness (QED) is 0.704. The van der Waals surface area contributed by atoms with Gasteiger partial charge in [-0.15, -0.1) is 0 Å². The molecule has 2 unspecified atom stereocenters. The van der Waals surface area contributed by atoms with Crippen molar-refractivity contribution in [3.8, 4) is 0 Å². The first-order valence-corrected chi connectivity index (χ1v) is 5.41. The van der Waals surface area contributed by atoms with Gasteiger partial charge in [0.15, 0.2) is 0 Å². The molecule has 0 aromatic heterocycles. The molecule has 0 fully saturated rings. The molecule has 0 aliphatic carbocycles. The third-order valence-electron chi connectivity index (χ3n) is 2.75. The van der Waals surface area contributed by atoms with E-state index >= 15 is 0 Å². The van der Waals surface area contributed by atoms with E-state index in [2.05, 4.69) is 5.32 Å². The highest BCUT2D eigenvalue weighted by Crippen LogP contribution is 2.20. The molecule has 4 N–H and O–H groups in total. The molecule has 0 amide bonds. The van der Waals surface area contributed by atoms with Crippen LogP contribution in [0, 0.1) is 12.7 Å². The van der Waals surface area contributed by atoms with Crippen LogP contribution in [0.5, 0.6) is 0 Å². The van der Waals surface area contributed by atoms with Crippen LogP contribution in [0.25, 0.3) is 0 Å². The van der Waals surface area contributed by atoms with Gasteiger partial charge in [-0.1, -0.05) is 12.1 Å². The predicted molar refractivity (Wildman–Crippen MR) is 62.6 cm³/mol. The van der Waals surface area contributed by atoms with Gasteiger partial charge in [0.05, 0.1) is 6.10 Å². The second-order valence-corrected chi connectivity index (χ2v) is 3.93. The molecule has 0 aliphatic rings. The number of halogens is 1. The average molecular weight is 226 g/mol. The van der Waals surface area contributed by atoms with Crippen molar-refractivity contribution in [2.24, 2.45) is 5.73 Å². The van der Waals surface area contributed by atoms with E-state index in [4.69, 9.17) is 5.73 Å². The first kappa shape index (κ1) is 13.1. The number of nitrogens with two attached hydrogens (primary N) is 1.